The van der Waals surface area contributed by atoms with Crippen LogP contribution >= 0.6 is 0 Å². The molecular weight excluding hydrogens is 359 g/mol. The summed E-state index contributed by atoms with van der Waals surface area (Å²) in [6.45, 7) is 3.51. The van der Waals surface area contributed by atoms with Crippen LogP contribution in [0.4, 0.5) is 18.9 Å². The lowest BCUT2D eigenvalue weighted by Crippen LogP contribution is -2.43. The maximum Gasteiger partial charge on any atom is 0.425 e. The van der Waals surface area contributed by atoms with E-state index in [4.69, 9.17) is 4.74 Å². The van der Waals surface area contributed by atoms with Gasteiger partial charge in [-0.1, -0.05) is 6.92 Å². The van der Waals surface area contributed by atoms with Crippen LogP contribution in [0.1, 0.15) is 52.4 Å². The van der Waals surface area contributed by atoms with E-state index < -0.39 is 23.3 Å². The fraction of sp³-hybridized carbons (Fsp3) is 0.650. The maximum atomic E-state index is 13.0. The Labute approximate surface area is 157 Å². The molecule has 0 bridgehead atoms. The van der Waals surface area contributed by atoms with Gasteiger partial charge in [-0.05, 0) is 69.7 Å². The van der Waals surface area contributed by atoms with Crippen LogP contribution in [0, 0.1) is 5.41 Å². The third-order valence-corrected chi connectivity index (χ3v) is 6.23. The van der Waals surface area contributed by atoms with Crippen molar-refractivity contribution in [3.8, 4) is 5.75 Å². The Morgan fingerprint density at radius 3 is 2.26 bits per heavy atom. The van der Waals surface area contributed by atoms with E-state index in [2.05, 4.69) is 0 Å². The van der Waals surface area contributed by atoms with E-state index in [0.717, 1.165) is 13.3 Å². The van der Waals surface area contributed by atoms with Gasteiger partial charge in [0.25, 0.3) is 0 Å². The zero-order valence-electron chi connectivity index (χ0n) is 15.7. The summed E-state index contributed by atoms with van der Waals surface area (Å²) in [5.41, 5.74) is -0.408. The number of carbonyl (C=O) groups is 1. The minimum Gasteiger partial charge on any atom is -0.481 e. The normalized spacial score (nSPS) is 30.0. The number of benzene rings is 1. The van der Waals surface area contributed by atoms with Crippen molar-refractivity contribution in [1.29, 1.82) is 0 Å². The van der Waals surface area contributed by atoms with Gasteiger partial charge in [0.05, 0.1) is 11.0 Å². The molecule has 1 spiro atoms. The summed E-state index contributed by atoms with van der Waals surface area (Å²) in [4.78, 5) is 14.7. The van der Waals surface area contributed by atoms with Crippen molar-refractivity contribution in [3.05, 3.63) is 24.3 Å². The second kappa shape index (κ2) is 7.00. The highest BCUT2D eigenvalue weighted by atomic mass is 19.4. The second-order valence-corrected chi connectivity index (χ2v) is 7.86. The van der Waals surface area contributed by atoms with Crippen molar-refractivity contribution in [2.24, 2.45) is 5.41 Å². The summed E-state index contributed by atoms with van der Waals surface area (Å²) >= 11 is 0. The van der Waals surface area contributed by atoms with E-state index >= 15 is 0 Å². The Morgan fingerprint density at radius 1 is 1.15 bits per heavy atom. The minimum atomic E-state index is -4.42. The summed E-state index contributed by atoms with van der Waals surface area (Å²) in [5, 5.41) is 10.4. The van der Waals surface area contributed by atoms with Gasteiger partial charge in [0.1, 0.15) is 5.75 Å². The van der Waals surface area contributed by atoms with Gasteiger partial charge in [0, 0.05) is 12.2 Å². The number of amides is 1. The van der Waals surface area contributed by atoms with Crippen molar-refractivity contribution in [3.63, 3.8) is 0 Å². The van der Waals surface area contributed by atoms with Gasteiger partial charge in [0.2, 0.25) is 5.91 Å². The summed E-state index contributed by atoms with van der Waals surface area (Å²) < 4.78 is 42.7. The molecule has 3 rings (SSSR count). The standard InChI is InChI=1S/C20H26F3NO3/c1-3-19(26)10-8-18(9-11-19)12-13-24(17(18)25)15-4-6-16(7-5-15)27-14(2)20(21,22)23/h4-7,14,26H,3,8-13H2,1-2H3/t14?,18-,19+. The van der Waals surface area contributed by atoms with E-state index in [9.17, 15) is 23.1 Å². The number of carbonyl (C=O) groups excluding carboxylic acids is 1. The molecule has 1 saturated carbocycles. The van der Waals surface area contributed by atoms with Crippen LogP contribution in [-0.4, -0.2) is 35.4 Å². The van der Waals surface area contributed by atoms with Crippen molar-refractivity contribution < 1.29 is 27.8 Å². The van der Waals surface area contributed by atoms with Gasteiger partial charge < -0.3 is 14.7 Å². The average Bonchev–Trinajstić information content (AvgIpc) is 2.94. The van der Waals surface area contributed by atoms with Crippen LogP contribution < -0.4 is 9.64 Å². The Hall–Kier alpha value is -1.76. The third-order valence-electron chi connectivity index (χ3n) is 6.23. The van der Waals surface area contributed by atoms with E-state index in [0.29, 0.717) is 44.3 Å². The number of alkyl halides is 3. The topological polar surface area (TPSA) is 49.8 Å². The average molecular weight is 385 g/mol. The van der Waals surface area contributed by atoms with Gasteiger partial charge in [0.15, 0.2) is 6.10 Å². The van der Waals surface area contributed by atoms with Crippen LogP contribution in [0.3, 0.4) is 0 Å². The SMILES string of the molecule is CC[C@]1(O)CC[C@]2(CCN(c3ccc(OC(C)C(F)(F)F)cc3)C2=O)CC1. The van der Waals surface area contributed by atoms with Crippen molar-refractivity contribution in [2.75, 3.05) is 11.4 Å². The first-order valence-corrected chi connectivity index (χ1v) is 9.46. The van der Waals surface area contributed by atoms with E-state index in [-0.39, 0.29) is 11.7 Å². The Morgan fingerprint density at radius 2 is 1.74 bits per heavy atom. The number of hydrogen-bond donors (Lipinski definition) is 1. The Kier molecular flexibility index (Phi) is 5.18. The zero-order chi connectivity index (χ0) is 19.9. The summed E-state index contributed by atoms with van der Waals surface area (Å²) in [5.74, 6) is 0.175. The first-order valence-electron chi connectivity index (χ1n) is 9.46. The van der Waals surface area contributed by atoms with Gasteiger partial charge in [-0.2, -0.15) is 13.2 Å². The van der Waals surface area contributed by atoms with E-state index in [1.54, 1.807) is 17.0 Å². The van der Waals surface area contributed by atoms with Gasteiger partial charge in [-0.3, -0.25) is 4.79 Å². The number of rotatable bonds is 4. The fourth-order valence-electron chi connectivity index (χ4n) is 4.05. The molecule has 1 aromatic rings. The molecule has 27 heavy (non-hydrogen) atoms. The van der Waals surface area contributed by atoms with Crippen LogP contribution in [0.5, 0.6) is 5.75 Å². The molecule has 1 heterocycles. The highest BCUT2D eigenvalue weighted by molar-refractivity contribution is 6.00. The third kappa shape index (κ3) is 3.93. The number of anilines is 1. The molecule has 150 valence electrons. The molecule has 1 atom stereocenters. The van der Waals surface area contributed by atoms with Crippen molar-refractivity contribution >= 4 is 11.6 Å². The first-order chi connectivity index (χ1) is 12.6. The highest BCUT2D eigenvalue weighted by Gasteiger charge is 2.51. The molecule has 4 nitrogen and oxygen atoms in total. The highest BCUT2D eigenvalue weighted by Crippen LogP contribution is 2.49. The number of ether oxygens (including phenoxy) is 1. The van der Waals surface area contributed by atoms with Gasteiger partial charge in [-0.15, -0.1) is 0 Å². The number of aliphatic hydroxyl groups is 1. The molecular formula is C20H26F3NO3. The Bertz CT molecular complexity index is 679. The molecule has 1 saturated heterocycles. The molecule has 1 amide bonds. The predicted octanol–water partition coefficient (Wildman–Crippen LogP) is 4.45. The molecule has 1 unspecified atom stereocenters. The van der Waals surface area contributed by atoms with Crippen molar-refractivity contribution in [1.82, 2.24) is 0 Å². The molecule has 7 heteroatoms. The predicted molar refractivity (Wildman–Crippen MR) is 95.7 cm³/mol. The lowest BCUT2D eigenvalue weighted by molar-refractivity contribution is -0.189. The van der Waals surface area contributed by atoms with E-state index in [1.807, 2.05) is 6.92 Å². The molecule has 1 aromatic carbocycles. The molecule has 0 aromatic heterocycles. The second-order valence-electron chi connectivity index (χ2n) is 7.86. The lowest BCUT2D eigenvalue weighted by atomic mass is 9.67. The molecule has 1 aliphatic heterocycles. The largest absolute Gasteiger partial charge is 0.481 e. The van der Waals surface area contributed by atoms with Gasteiger partial charge in [-0.25, -0.2) is 0 Å². The maximum absolute atomic E-state index is 13.0. The minimum absolute atomic E-state index is 0.0537. The van der Waals surface area contributed by atoms with E-state index in [1.165, 1.54) is 12.1 Å². The van der Waals surface area contributed by atoms with Crippen LogP contribution in [0.15, 0.2) is 24.3 Å². The molecule has 2 fully saturated rings. The smallest absolute Gasteiger partial charge is 0.425 e. The summed E-state index contributed by atoms with van der Waals surface area (Å²) in [6.07, 6.45) is -2.25. The number of nitrogens with zero attached hydrogens (tertiary/aromatic N) is 1. The van der Waals surface area contributed by atoms with Crippen molar-refractivity contribution in [2.45, 2.75) is 70.3 Å². The zero-order valence-corrected chi connectivity index (χ0v) is 15.7. The van der Waals surface area contributed by atoms with Crippen LogP contribution in [0.25, 0.3) is 0 Å². The summed E-state index contributed by atoms with van der Waals surface area (Å²) in [7, 11) is 0. The quantitative estimate of drug-likeness (QED) is 0.833. The Balaban J connectivity index is 1.67. The first kappa shape index (κ1) is 20.0. The van der Waals surface area contributed by atoms with Crippen LogP contribution in [-0.2, 0) is 4.79 Å². The lowest BCUT2D eigenvalue weighted by Gasteiger charge is -2.40. The fourth-order valence-corrected chi connectivity index (χ4v) is 4.05. The number of halogens is 3. The number of hydrogen-bond acceptors (Lipinski definition) is 3. The molecule has 2 aliphatic rings. The summed E-state index contributed by atoms with van der Waals surface area (Å²) in [6, 6.07) is 6.18. The molecule has 0 radical (unpaired) electrons. The monoisotopic (exact) mass is 385 g/mol. The van der Waals surface area contributed by atoms with Gasteiger partial charge >= 0.3 is 6.18 Å². The molecule has 1 aliphatic carbocycles. The van der Waals surface area contributed by atoms with Crippen LogP contribution in [0.2, 0.25) is 0 Å². The molecule has 1 N–H and O–H groups in total.